The van der Waals surface area contributed by atoms with Gasteiger partial charge in [0.15, 0.2) is 5.78 Å². The van der Waals surface area contributed by atoms with Crippen LogP contribution in [0.2, 0.25) is 0 Å². The molecule has 1 N–H and O–H groups in total. The Morgan fingerprint density at radius 2 is 1.92 bits per heavy atom. The van der Waals surface area contributed by atoms with Crippen molar-refractivity contribution in [3.05, 3.63) is 0 Å². The molecule has 0 aliphatic heterocycles. The molecule has 0 aromatic carbocycles. The number of hydrogen-bond donors (Lipinski definition) is 1. The Labute approximate surface area is 141 Å². The minimum atomic E-state index is -0.807. The molecule has 2 unspecified atom stereocenters. The van der Waals surface area contributed by atoms with Crippen molar-refractivity contribution in [2.24, 2.45) is 5.92 Å². The monoisotopic (exact) mass is 342 g/mol. The number of Topliss-reactive ketones (excluding diaryl/α,β-unsaturated/α-hetero) is 1. The van der Waals surface area contributed by atoms with Crippen LogP contribution in [0.15, 0.2) is 0 Å². The number of amides is 2. The van der Waals surface area contributed by atoms with Crippen LogP contribution in [0.4, 0.5) is 4.79 Å². The Balaban J connectivity index is 2.44. The van der Waals surface area contributed by atoms with Gasteiger partial charge in [0.25, 0.3) is 0 Å². The van der Waals surface area contributed by atoms with E-state index in [1.807, 2.05) is 0 Å². The molecule has 1 saturated carbocycles. The molecule has 0 aromatic rings. The third kappa shape index (κ3) is 5.82. The molecule has 1 aliphatic rings. The van der Waals surface area contributed by atoms with Gasteiger partial charge in [0.05, 0.1) is 6.04 Å². The van der Waals surface area contributed by atoms with Crippen LogP contribution in [-0.2, 0) is 23.9 Å². The quantitative estimate of drug-likeness (QED) is 0.575. The molecular formula is C16H26N2O6. The Morgan fingerprint density at radius 3 is 2.46 bits per heavy atom. The van der Waals surface area contributed by atoms with E-state index in [4.69, 9.17) is 9.47 Å². The molecule has 136 valence electrons. The molecule has 8 nitrogen and oxygen atoms in total. The van der Waals surface area contributed by atoms with E-state index < -0.39 is 30.9 Å². The number of nitrogens with one attached hydrogen (secondary N) is 1. The summed E-state index contributed by atoms with van der Waals surface area (Å²) in [6.45, 7) is 4.26. The van der Waals surface area contributed by atoms with E-state index in [9.17, 15) is 19.2 Å². The molecule has 0 radical (unpaired) electrons. The number of carbonyl (C=O) groups excluding carboxylic acids is 4. The van der Waals surface area contributed by atoms with Crippen LogP contribution in [-0.4, -0.2) is 54.6 Å². The van der Waals surface area contributed by atoms with Gasteiger partial charge in [-0.15, -0.1) is 0 Å². The highest BCUT2D eigenvalue weighted by molar-refractivity contribution is 5.88. The Kier molecular flexibility index (Phi) is 7.67. The van der Waals surface area contributed by atoms with Crippen LogP contribution in [0, 0.1) is 5.92 Å². The number of hydrogen-bond acceptors (Lipinski definition) is 6. The zero-order valence-electron chi connectivity index (χ0n) is 14.7. The van der Waals surface area contributed by atoms with Gasteiger partial charge in [0.1, 0.15) is 6.04 Å². The Morgan fingerprint density at radius 1 is 1.25 bits per heavy atom. The van der Waals surface area contributed by atoms with Gasteiger partial charge in [-0.2, -0.15) is 0 Å². The molecule has 0 heterocycles. The maximum absolute atomic E-state index is 11.9. The van der Waals surface area contributed by atoms with Gasteiger partial charge in [-0.1, -0.05) is 20.3 Å². The summed E-state index contributed by atoms with van der Waals surface area (Å²) in [5.41, 5.74) is 0. The van der Waals surface area contributed by atoms with E-state index in [2.05, 4.69) is 5.32 Å². The highest BCUT2D eigenvalue weighted by Gasteiger charge is 2.30. The number of ketones is 1. The highest BCUT2D eigenvalue weighted by atomic mass is 16.7. The zero-order chi connectivity index (χ0) is 18.3. The molecule has 0 bridgehead atoms. The summed E-state index contributed by atoms with van der Waals surface area (Å²) < 4.78 is 9.78. The fourth-order valence-electron chi connectivity index (χ4n) is 2.55. The summed E-state index contributed by atoms with van der Waals surface area (Å²) in [4.78, 5) is 48.0. The highest BCUT2D eigenvalue weighted by Crippen LogP contribution is 2.19. The first-order valence-corrected chi connectivity index (χ1v) is 8.10. The molecule has 0 saturated heterocycles. The maximum atomic E-state index is 11.9. The first-order valence-electron chi connectivity index (χ1n) is 8.10. The second-order valence-electron chi connectivity index (χ2n) is 6.25. The number of rotatable bonds is 6. The maximum Gasteiger partial charge on any atom is 0.413 e. The van der Waals surface area contributed by atoms with Crippen LogP contribution >= 0.6 is 0 Å². The second-order valence-corrected chi connectivity index (χ2v) is 6.25. The van der Waals surface area contributed by atoms with Gasteiger partial charge in [-0.3, -0.25) is 9.59 Å². The van der Waals surface area contributed by atoms with E-state index >= 15 is 0 Å². The smallest absolute Gasteiger partial charge is 0.413 e. The predicted molar refractivity (Wildman–Crippen MR) is 84.9 cm³/mol. The van der Waals surface area contributed by atoms with Gasteiger partial charge < -0.3 is 19.7 Å². The van der Waals surface area contributed by atoms with Crippen LogP contribution < -0.4 is 5.32 Å². The molecular weight excluding hydrogens is 316 g/mol. The second kappa shape index (κ2) is 9.24. The number of esters is 1. The van der Waals surface area contributed by atoms with E-state index in [0.717, 1.165) is 12.8 Å². The SMILES string of the molecule is CC(=O)NC(C(=O)OCOC(=O)N(C)C1CCCCC1=O)C(C)C. The van der Waals surface area contributed by atoms with Crippen molar-refractivity contribution in [1.82, 2.24) is 10.2 Å². The number of carbonyl (C=O) groups is 4. The standard InChI is InChI=1S/C16H26N2O6/c1-10(2)14(17-11(3)19)15(21)23-9-24-16(22)18(4)12-7-5-6-8-13(12)20/h10,12,14H,5-9H2,1-4H3,(H,17,19). The van der Waals surface area contributed by atoms with Gasteiger partial charge in [-0.05, 0) is 18.8 Å². The van der Waals surface area contributed by atoms with Crippen molar-refractivity contribution in [1.29, 1.82) is 0 Å². The first kappa shape index (κ1) is 19.9. The minimum absolute atomic E-state index is 0.0169. The summed E-state index contributed by atoms with van der Waals surface area (Å²) in [5.74, 6) is -1.18. The van der Waals surface area contributed by atoms with Gasteiger partial charge >= 0.3 is 12.1 Å². The first-order chi connectivity index (χ1) is 11.2. The Hall–Kier alpha value is -2.12. The molecule has 8 heteroatoms. The van der Waals surface area contributed by atoms with Gasteiger partial charge in [-0.25, -0.2) is 9.59 Å². The average Bonchev–Trinajstić information content (AvgIpc) is 2.51. The van der Waals surface area contributed by atoms with Crippen LogP contribution in [0.3, 0.4) is 0 Å². The van der Waals surface area contributed by atoms with E-state index in [1.54, 1.807) is 13.8 Å². The number of likely N-dealkylation sites (N-methyl/N-ethyl adjacent to an activating group) is 1. The lowest BCUT2D eigenvalue weighted by atomic mass is 9.93. The molecule has 0 aromatic heterocycles. The van der Waals surface area contributed by atoms with E-state index in [-0.39, 0.29) is 17.6 Å². The fraction of sp³-hybridized carbons (Fsp3) is 0.750. The van der Waals surface area contributed by atoms with E-state index in [0.29, 0.717) is 12.8 Å². The van der Waals surface area contributed by atoms with E-state index in [1.165, 1.54) is 18.9 Å². The lowest BCUT2D eigenvalue weighted by molar-refractivity contribution is -0.157. The lowest BCUT2D eigenvalue weighted by Gasteiger charge is -2.29. The van der Waals surface area contributed by atoms with Crippen molar-refractivity contribution in [2.75, 3.05) is 13.8 Å². The average molecular weight is 342 g/mol. The van der Waals surface area contributed by atoms with Crippen molar-refractivity contribution in [2.45, 2.75) is 58.5 Å². The number of ether oxygens (including phenoxy) is 2. The van der Waals surface area contributed by atoms with Crippen LogP contribution in [0.25, 0.3) is 0 Å². The number of nitrogens with zero attached hydrogens (tertiary/aromatic N) is 1. The normalized spacial score (nSPS) is 18.7. The molecule has 2 amide bonds. The molecule has 2 atom stereocenters. The Bertz CT molecular complexity index is 491. The largest absolute Gasteiger partial charge is 0.426 e. The summed E-state index contributed by atoms with van der Waals surface area (Å²) in [6.07, 6.45) is 2.08. The molecule has 1 rings (SSSR count). The third-order valence-corrected chi connectivity index (χ3v) is 3.94. The summed E-state index contributed by atoms with van der Waals surface area (Å²) in [5, 5.41) is 2.49. The predicted octanol–water partition coefficient (Wildman–Crippen LogP) is 1.23. The molecule has 0 spiro atoms. The minimum Gasteiger partial charge on any atom is -0.426 e. The van der Waals surface area contributed by atoms with Crippen molar-refractivity contribution in [3.63, 3.8) is 0 Å². The van der Waals surface area contributed by atoms with Crippen LogP contribution in [0.1, 0.15) is 46.5 Å². The molecule has 24 heavy (non-hydrogen) atoms. The molecule has 1 aliphatic carbocycles. The third-order valence-electron chi connectivity index (χ3n) is 3.94. The van der Waals surface area contributed by atoms with Crippen LogP contribution in [0.5, 0.6) is 0 Å². The van der Waals surface area contributed by atoms with Crippen molar-refractivity contribution in [3.8, 4) is 0 Å². The van der Waals surface area contributed by atoms with Gasteiger partial charge in [0.2, 0.25) is 12.7 Å². The summed E-state index contributed by atoms with van der Waals surface area (Å²) in [7, 11) is 1.49. The zero-order valence-corrected chi connectivity index (χ0v) is 14.7. The summed E-state index contributed by atoms with van der Waals surface area (Å²) >= 11 is 0. The van der Waals surface area contributed by atoms with Crippen molar-refractivity contribution >= 4 is 23.8 Å². The molecule has 1 fully saturated rings. The fourth-order valence-corrected chi connectivity index (χ4v) is 2.55. The van der Waals surface area contributed by atoms with Crippen molar-refractivity contribution < 1.29 is 28.7 Å². The van der Waals surface area contributed by atoms with Gasteiger partial charge in [0, 0.05) is 20.4 Å². The lowest BCUT2D eigenvalue weighted by Crippen LogP contribution is -2.46. The topological polar surface area (TPSA) is 102 Å². The summed E-state index contributed by atoms with van der Waals surface area (Å²) in [6, 6.07) is -1.29.